The minimum Gasteiger partial charge on any atom is -0.489 e. The largest absolute Gasteiger partial charge is 0.489 e. The van der Waals surface area contributed by atoms with Crippen molar-refractivity contribution in [1.82, 2.24) is 9.55 Å². The number of benzene rings is 2. The molecular formula is C24H27ClN4O4. The maximum Gasteiger partial charge on any atom is 0.330 e. The maximum atomic E-state index is 12.9. The van der Waals surface area contributed by atoms with E-state index in [9.17, 15) is 9.59 Å². The molecule has 174 valence electrons. The second kappa shape index (κ2) is 10.0. The number of nitrogens with one attached hydrogen (secondary N) is 1. The molecule has 0 aliphatic carbocycles. The zero-order valence-electron chi connectivity index (χ0n) is 18.5. The Balaban J connectivity index is 1.72. The summed E-state index contributed by atoms with van der Waals surface area (Å²) in [7, 11) is 0. The normalized spacial score (nSPS) is 12.9. The summed E-state index contributed by atoms with van der Waals surface area (Å²) in [6.07, 6.45) is 1.55. The lowest BCUT2D eigenvalue weighted by atomic mass is 10.1. The van der Waals surface area contributed by atoms with Gasteiger partial charge in [-0.3, -0.25) is 14.3 Å². The summed E-state index contributed by atoms with van der Waals surface area (Å²) < 4.78 is 12.9. The SMILES string of the molecule is CCCN(Cc1cc(Cl)c2c(c1)OCCCO2)c1c(N)n(Cc2ccccc2)c(=O)[nH]c1=O. The summed E-state index contributed by atoms with van der Waals surface area (Å²) in [4.78, 5) is 29.7. The Morgan fingerprint density at radius 3 is 2.64 bits per heavy atom. The number of hydrogen-bond acceptors (Lipinski definition) is 6. The molecular weight excluding hydrogens is 444 g/mol. The molecule has 2 aromatic carbocycles. The minimum atomic E-state index is -0.542. The molecule has 33 heavy (non-hydrogen) atoms. The van der Waals surface area contributed by atoms with Crippen LogP contribution in [0, 0.1) is 0 Å². The number of aromatic nitrogens is 2. The van der Waals surface area contributed by atoms with Crippen LogP contribution in [0.5, 0.6) is 11.5 Å². The van der Waals surface area contributed by atoms with E-state index in [1.54, 1.807) is 0 Å². The van der Waals surface area contributed by atoms with Crippen molar-refractivity contribution in [3.8, 4) is 11.5 Å². The Bertz CT molecular complexity index is 1240. The van der Waals surface area contributed by atoms with Crippen LogP contribution in [0.25, 0.3) is 0 Å². The van der Waals surface area contributed by atoms with E-state index in [4.69, 9.17) is 26.8 Å². The molecule has 1 aromatic heterocycles. The number of aromatic amines is 1. The van der Waals surface area contributed by atoms with E-state index in [1.807, 2.05) is 54.3 Å². The van der Waals surface area contributed by atoms with Gasteiger partial charge in [0.15, 0.2) is 11.5 Å². The van der Waals surface area contributed by atoms with Gasteiger partial charge in [-0.2, -0.15) is 0 Å². The zero-order chi connectivity index (χ0) is 23.4. The molecule has 0 saturated carbocycles. The Morgan fingerprint density at radius 2 is 1.88 bits per heavy atom. The highest BCUT2D eigenvalue weighted by atomic mass is 35.5. The summed E-state index contributed by atoms with van der Waals surface area (Å²) in [5.41, 5.74) is 7.36. The quantitative estimate of drug-likeness (QED) is 0.548. The predicted molar refractivity (Wildman–Crippen MR) is 130 cm³/mol. The number of rotatable bonds is 7. The number of H-pyrrole nitrogens is 1. The number of nitrogens with zero attached hydrogens (tertiary/aromatic N) is 2. The van der Waals surface area contributed by atoms with Crippen LogP contribution < -0.4 is 31.4 Å². The van der Waals surface area contributed by atoms with Crippen molar-refractivity contribution in [3.05, 3.63) is 79.5 Å². The van der Waals surface area contributed by atoms with Gasteiger partial charge in [0.25, 0.3) is 5.56 Å². The van der Waals surface area contributed by atoms with E-state index in [2.05, 4.69) is 4.98 Å². The number of nitrogen functional groups attached to an aromatic ring is 1. The van der Waals surface area contributed by atoms with E-state index in [0.29, 0.717) is 42.8 Å². The molecule has 8 nitrogen and oxygen atoms in total. The van der Waals surface area contributed by atoms with Gasteiger partial charge < -0.3 is 20.1 Å². The van der Waals surface area contributed by atoms with Crippen LogP contribution in [0.15, 0.2) is 52.1 Å². The third kappa shape index (κ3) is 5.01. The third-order valence-electron chi connectivity index (χ3n) is 5.44. The highest BCUT2D eigenvalue weighted by Crippen LogP contribution is 2.38. The highest BCUT2D eigenvalue weighted by molar-refractivity contribution is 6.32. The minimum absolute atomic E-state index is 0.126. The number of nitrogens with two attached hydrogens (primary N) is 1. The van der Waals surface area contributed by atoms with Gasteiger partial charge in [0, 0.05) is 19.5 Å². The molecule has 4 rings (SSSR count). The first kappa shape index (κ1) is 22.8. The fraction of sp³-hybridized carbons (Fsp3) is 0.333. The number of fused-ring (bicyclic) bond motifs is 1. The Hall–Kier alpha value is -3.39. The van der Waals surface area contributed by atoms with E-state index < -0.39 is 11.2 Å². The molecule has 0 atom stereocenters. The molecule has 0 radical (unpaired) electrons. The molecule has 1 aliphatic rings. The number of anilines is 2. The van der Waals surface area contributed by atoms with Crippen molar-refractivity contribution in [3.63, 3.8) is 0 Å². The smallest absolute Gasteiger partial charge is 0.330 e. The van der Waals surface area contributed by atoms with Crippen LogP contribution >= 0.6 is 11.6 Å². The van der Waals surface area contributed by atoms with E-state index in [1.165, 1.54) is 4.57 Å². The molecule has 9 heteroatoms. The summed E-state index contributed by atoms with van der Waals surface area (Å²) >= 11 is 6.46. The second-order valence-corrected chi connectivity index (χ2v) is 8.35. The molecule has 1 aliphatic heterocycles. The Kier molecular flexibility index (Phi) is 6.93. The standard InChI is InChI=1S/C24H27ClN4O4/c1-2-9-28(14-17-12-18(25)21-19(13-17)32-10-6-11-33-21)20-22(26)29(24(31)27-23(20)30)15-16-7-4-3-5-8-16/h3-5,7-8,12-13H,2,6,9-11,14-15,26H2,1H3,(H,27,30,31). The van der Waals surface area contributed by atoms with E-state index in [0.717, 1.165) is 24.0 Å². The zero-order valence-corrected chi connectivity index (χ0v) is 19.2. The van der Waals surface area contributed by atoms with Gasteiger partial charge in [-0.05, 0) is 29.7 Å². The van der Waals surface area contributed by atoms with Crippen LogP contribution in [0.1, 0.15) is 30.9 Å². The summed E-state index contributed by atoms with van der Waals surface area (Å²) in [6.45, 7) is 4.28. The van der Waals surface area contributed by atoms with Crippen LogP contribution in [0.3, 0.4) is 0 Å². The molecule has 0 spiro atoms. The van der Waals surface area contributed by atoms with Crippen LogP contribution in [0.2, 0.25) is 5.02 Å². The first-order valence-corrected chi connectivity index (χ1v) is 11.3. The average Bonchev–Trinajstić information content (AvgIpc) is 3.03. The first-order chi connectivity index (χ1) is 16.0. The monoisotopic (exact) mass is 470 g/mol. The van der Waals surface area contributed by atoms with Gasteiger partial charge in [0.05, 0.1) is 24.8 Å². The number of halogens is 1. The van der Waals surface area contributed by atoms with Gasteiger partial charge in [-0.25, -0.2) is 4.79 Å². The van der Waals surface area contributed by atoms with Gasteiger partial charge in [0.2, 0.25) is 0 Å². The van der Waals surface area contributed by atoms with Crippen molar-refractivity contribution in [1.29, 1.82) is 0 Å². The lowest BCUT2D eigenvalue weighted by Gasteiger charge is -2.26. The van der Waals surface area contributed by atoms with Crippen LogP contribution in [-0.2, 0) is 13.1 Å². The van der Waals surface area contributed by atoms with Crippen molar-refractivity contribution in [2.75, 3.05) is 30.4 Å². The van der Waals surface area contributed by atoms with E-state index >= 15 is 0 Å². The van der Waals surface area contributed by atoms with Gasteiger partial charge in [-0.15, -0.1) is 0 Å². The van der Waals surface area contributed by atoms with Gasteiger partial charge in [0.1, 0.15) is 11.5 Å². The molecule has 0 bridgehead atoms. The molecule has 3 N–H and O–H groups in total. The molecule has 0 saturated heterocycles. The Morgan fingerprint density at radius 1 is 1.12 bits per heavy atom. The van der Waals surface area contributed by atoms with Gasteiger partial charge in [-0.1, -0.05) is 48.9 Å². The topological polar surface area (TPSA) is 103 Å². The van der Waals surface area contributed by atoms with Crippen molar-refractivity contribution in [2.24, 2.45) is 0 Å². The van der Waals surface area contributed by atoms with Crippen LogP contribution in [0.4, 0.5) is 11.5 Å². The molecule has 0 unspecified atom stereocenters. The summed E-state index contributed by atoms with van der Waals surface area (Å²) in [6, 6.07) is 13.2. The summed E-state index contributed by atoms with van der Waals surface area (Å²) in [5.74, 6) is 1.25. The van der Waals surface area contributed by atoms with E-state index in [-0.39, 0.29) is 18.1 Å². The maximum absolute atomic E-state index is 12.9. The number of hydrogen-bond donors (Lipinski definition) is 2. The van der Waals surface area contributed by atoms with Crippen molar-refractivity contribution >= 4 is 23.1 Å². The molecule has 0 fully saturated rings. The van der Waals surface area contributed by atoms with Crippen molar-refractivity contribution in [2.45, 2.75) is 32.9 Å². The number of ether oxygens (including phenoxy) is 2. The average molecular weight is 471 g/mol. The second-order valence-electron chi connectivity index (χ2n) is 7.94. The third-order valence-corrected chi connectivity index (χ3v) is 5.72. The molecule has 0 amide bonds. The fourth-order valence-corrected chi connectivity index (χ4v) is 4.23. The lowest BCUT2D eigenvalue weighted by molar-refractivity contribution is 0.297. The highest BCUT2D eigenvalue weighted by Gasteiger charge is 2.21. The molecule has 3 aromatic rings. The van der Waals surface area contributed by atoms with Crippen molar-refractivity contribution < 1.29 is 9.47 Å². The molecule has 2 heterocycles. The first-order valence-electron chi connectivity index (χ1n) is 11.0. The van der Waals surface area contributed by atoms with Crippen LogP contribution in [-0.4, -0.2) is 29.3 Å². The lowest BCUT2D eigenvalue weighted by Crippen LogP contribution is -2.38. The fourth-order valence-electron chi connectivity index (χ4n) is 3.94. The predicted octanol–water partition coefficient (Wildman–Crippen LogP) is 3.40. The Labute approximate surface area is 196 Å². The van der Waals surface area contributed by atoms with Gasteiger partial charge >= 0.3 is 5.69 Å². The summed E-state index contributed by atoms with van der Waals surface area (Å²) in [5, 5.41) is 0.455.